The molecule has 0 bridgehead atoms. The first-order valence-corrected chi connectivity index (χ1v) is 8.98. The van der Waals surface area contributed by atoms with Gasteiger partial charge in [0.25, 0.3) is 6.02 Å². The number of nitrogens with two attached hydrogens (primary N) is 1. The van der Waals surface area contributed by atoms with Crippen LogP contribution >= 0.6 is 0 Å². The number of nitriles is 1. The summed E-state index contributed by atoms with van der Waals surface area (Å²) in [6, 6.07) is 15.9. The van der Waals surface area contributed by atoms with Gasteiger partial charge in [0.15, 0.2) is 5.54 Å². The summed E-state index contributed by atoms with van der Waals surface area (Å²) >= 11 is 0. The number of fused-ring (bicyclic) bond motifs is 4. The van der Waals surface area contributed by atoms with Crippen LogP contribution in [0, 0.1) is 11.3 Å². The second-order valence-corrected chi connectivity index (χ2v) is 7.48. The standard InChI is InChI=1S/C21H19N3O3/c1-20-7-8-25-18(20)21(12-26-19(23)24-21)16-10-15(5-6-17(16)27-20)14-4-2-3-13(9-14)11-22/h2-6,9-10,18H,7-8,12H2,1H3,(H2,23,24)/t18-,20+,21?/m0/s1. The Balaban J connectivity index is 1.69. The van der Waals surface area contributed by atoms with Gasteiger partial charge in [-0.15, -0.1) is 0 Å². The van der Waals surface area contributed by atoms with Crippen molar-refractivity contribution in [1.82, 2.24) is 0 Å². The van der Waals surface area contributed by atoms with E-state index in [1.165, 1.54) is 0 Å². The number of rotatable bonds is 1. The van der Waals surface area contributed by atoms with E-state index >= 15 is 0 Å². The predicted molar refractivity (Wildman–Crippen MR) is 99.2 cm³/mol. The minimum Gasteiger partial charge on any atom is -0.484 e. The molecule has 1 spiro atoms. The van der Waals surface area contributed by atoms with Gasteiger partial charge in [-0.3, -0.25) is 0 Å². The van der Waals surface area contributed by atoms with Crippen LogP contribution in [0.1, 0.15) is 24.5 Å². The maximum atomic E-state index is 9.19. The monoisotopic (exact) mass is 361 g/mol. The number of aliphatic imine (C=N–C) groups is 1. The number of amidine groups is 1. The van der Waals surface area contributed by atoms with Gasteiger partial charge in [0.2, 0.25) is 0 Å². The fraction of sp³-hybridized carbons (Fsp3) is 0.333. The van der Waals surface area contributed by atoms with Crippen molar-refractivity contribution in [1.29, 1.82) is 5.26 Å². The van der Waals surface area contributed by atoms with Gasteiger partial charge in [-0.05, 0) is 42.3 Å². The Labute approximate surface area is 157 Å². The van der Waals surface area contributed by atoms with E-state index < -0.39 is 11.1 Å². The molecular formula is C21H19N3O3. The van der Waals surface area contributed by atoms with Gasteiger partial charge in [0.1, 0.15) is 24.1 Å². The molecule has 1 saturated heterocycles. The molecule has 0 radical (unpaired) electrons. The molecule has 27 heavy (non-hydrogen) atoms. The molecule has 2 aromatic rings. The molecule has 1 fully saturated rings. The zero-order valence-corrected chi connectivity index (χ0v) is 14.9. The maximum absolute atomic E-state index is 9.19. The predicted octanol–water partition coefficient (Wildman–Crippen LogP) is 2.71. The summed E-state index contributed by atoms with van der Waals surface area (Å²) in [6.07, 6.45) is 0.527. The lowest BCUT2D eigenvalue weighted by molar-refractivity contribution is -0.0755. The van der Waals surface area contributed by atoms with E-state index in [4.69, 9.17) is 24.9 Å². The zero-order chi connectivity index (χ0) is 18.6. The maximum Gasteiger partial charge on any atom is 0.283 e. The van der Waals surface area contributed by atoms with Gasteiger partial charge >= 0.3 is 0 Å². The third kappa shape index (κ3) is 2.25. The largest absolute Gasteiger partial charge is 0.484 e. The lowest BCUT2D eigenvalue weighted by atomic mass is 9.74. The summed E-state index contributed by atoms with van der Waals surface area (Å²) in [5, 5.41) is 9.19. The van der Waals surface area contributed by atoms with Crippen LogP contribution in [-0.2, 0) is 15.0 Å². The van der Waals surface area contributed by atoms with Crippen molar-refractivity contribution in [2.24, 2.45) is 10.7 Å². The Morgan fingerprint density at radius 2 is 2.07 bits per heavy atom. The highest BCUT2D eigenvalue weighted by Gasteiger charge is 2.62. The first-order valence-electron chi connectivity index (χ1n) is 8.98. The molecule has 3 heterocycles. The van der Waals surface area contributed by atoms with Gasteiger partial charge in [-0.25, -0.2) is 4.99 Å². The third-order valence-electron chi connectivity index (χ3n) is 5.74. The highest BCUT2D eigenvalue weighted by molar-refractivity contribution is 5.76. The second-order valence-electron chi connectivity index (χ2n) is 7.48. The van der Waals surface area contributed by atoms with Crippen LogP contribution in [0.4, 0.5) is 0 Å². The summed E-state index contributed by atoms with van der Waals surface area (Å²) < 4.78 is 18.0. The van der Waals surface area contributed by atoms with Gasteiger partial charge in [0.05, 0.1) is 18.2 Å². The van der Waals surface area contributed by atoms with Crippen LogP contribution in [0.5, 0.6) is 5.75 Å². The average molecular weight is 361 g/mol. The Hall–Kier alpha value is -3.04. The fourth-order valence-electron chi connectivity index (χ4n) is 4.45. The summed E-state index contributed by atoms with van der Waals surface area (Å²) in [5.74, 6) is 0.779. The first kappa shape index (κ1) is 16.2. The van der Waals surface area contributed by atoms with E-state index in [0.717, 1.165) is 28.9 Å². The first-order chi connectivity index (χ1) is 13.0. The van der Waals surface area contributed by atoms with Gasteiger partial charge in [0, 0.05) is 12.0 Å². The fourth-order valence-corrected chi connectivity index (χ4v) is 4.45. The highest BCUT2D eigenvalue weighted by Crippen LogP contribution is 2.53. The van der Waals surface area contributed by atoms with Gasteiger partial charge in [-0.2, -0.15) is 5.26 Å². The van der Waals surface area contributed by atoms with Crippen LogP contribution in [0.15, 0.2) is 47.5 Å². The normalized spacial score (nSPS) is 30.7. The average Bonchev–Trinajstić information content (AvgIpc) is 3.26. The lowest BCUT2D eigenvalue weighted by Gasteiger charge is -2.45. The van der Waals surface area contributed by atoms with Gasteiger partial charge < -0.3 is 19.9 Å². The number of nitrogens with zero attached hydrogens (tertiary/aromatic N) is 2. The molecular weight excluding hydrogens is 342 g/mol. The van der Waals surface area contributed by atoms with E-state index in [-0.39, 0.29) is 12.1 Å². The van der Waals surface area contributed by atoms with Crippen molar-refractivity contribution in [3.05, 3.63) is 53.6 Å². The molecule has 0 amide bonds. The van der Waals surface area contributed by atoms with Crippen molar-refractivity contribution in [2.75, 3.05) is 13.2 Å². The van der Waals surface area contributed by atoms with Crippen molar-refractivity contribution in [2.45, 2.75) is 30.6 Å². The van der Waals surface area contributed by atoms with E-state index in [1.807, 2.05) is 30.3 Å². The second kappa shape index (κ2) is 5.48. The molecule has 5 rings (SSSR count). The molecule has 0 saturated carbocycles. The molecule has 136 valence electrons. The summed E-state index contributed by atoms with van der Waals surface area (Å²) in [6.45, 7) is 3.00. The molecule has 1 unspecified atom stereocenters. The van der Waals surface area contributed by atoms with E-state index in [0.29, 0.717) is 18.8 Å². The van der Waals surface area contributed by atoms with Crippen molar-refractivity contribution in [3.63, 3.8) is 0 Å². The molecule has 6 heteroatoms. The van der Waals surface area contributed by atoms with E-state index in [1.54, 1.807) is 6.07 Å². The van der Waals surface area contributed by atoms with Crippen molar-refractivity contribution >= 4 is 6.02 Å². The van der Waals surface area contributed by atoms with Gasteiger partial charge in [-0.1, -0.05) is 18.2 Å². The van der Waals surface area contributed by atoms with Crippen LogP contribution in [0.3, 0.4) is 0 Å². The van der Waals surface area contributed by atoms with E-state index in [2.05, 4.69) is 19.1 Å². The quantitative estimate of drug-likeness (QED) is 0.843. The van der Waals surface area contributed by atoms with Crippen molar-refractivity contribution in [3.8, 4) is 22.9 Å². The Morgan fingerprint density at radius 3 is 2.85 bits per heavy atom. The molecule has 0 aliphatic carbocycles. The number of hydrogen-bond acceptors (Lipinski definition) is 6. The summed E-state index contributed by atoms with van der Waals surface area (Å²) in [7, 11) is 0. The van der Waals surface area contributed by atoms with Crippen LogP contribution in [-0.4, -0.2) is 30.9 Å². The molecule has 0 aromatic heterocycles. The minimum atomic E-state index is -0.717. The smallest absolute Gasteiger partial charge is 0.283 e. The topological polar surface area (TPSA) is 89.9 Å². The molecule has 3 atom stereocenters. The molecule has 2 N–H and O–H groups in total. The Morgan fingerprint density at radius 1 is 1.22 bits per heavy atom. The Kier molecular flexibility index (Phi) is 3.28. The number of hydrogen-bond donors (Lipinski definition) is 1. The lowest BCUT2D eigenvalue weighted by Crippen LogP contribution is -2.57. The molecule has 3 aliphatic rings. The minimum absolute atomic E-state index is 0.178. The zero-order valence-electron chi connectivity index (χ0n) is 14.9. The summed E-state index contributed by atoms with van der Waals surface area (Å²) in [5.41, 5.74) is 8.20. The third-order valence-corrected chi connectivity index (χ3v) is 5.74. The number of benzene rings is 2. The Bertz CT molecular complexity index is 1010. The molecule has 6 nitrogen and oxygen atoms in total. The SMILES string of the molecule is C[C@@]12CCO[C@@H]1C1(COC(N)=N1)c1cc(-c3cccc(C#N)c3)ccc1O2. The highest BCUT2D eigenvalue weighted by atomic mass is 16.6. The summed E-state index contributed by atoms with van der Waals surface area (Å²) in [4.78, 5) is 4.69. The molecule has 2 aromatic carbocycles. The van der Waals surface area contributed by atoms with Crippen molar-refractivity contribution < 1.29 is 14.2 Å². The number of ether oxygens (including phenoxy) is 3. The van der Waals surface area contributed by atoms with E-state index in [9.17, 15) is 5.26 Å². The van der Waals surface area contributed by atoms with Crippen LogP contribution < -0.4 is 10.5 Å². The molecule has 3 aliphatic heterocycles. The van der Waals surface area contributed by atoms with Crippen LogP contribution in [0.25, 0.3) is 11.1 Å². The van der Waals surface area contributed by atoms with Crippen LogP contribution in [0.2, 0.25) is 0 Å².